The summed E-state index contributed by atoms with van der Waals surface area (Å²) in [6.45, 7) is 1.73. The van der Waals surface area contributed by atoms with Crippen molar-refractivity contribution in [2.45, 2.75) is 25.9 Å². The van der Waals surface area contributed by atoms with E-state index in [1.165, 1.54) is 6.07 Å². The zero-order valence-electron chi connectivity index (χ0n) is 11.8. The highest BCUT2D eigenvalue weighted by molar-refractivity contribution is 6.45. The van der Waals surface area contributed by atoms with Crippen LogP contribution in [0.2, 0.25) is 10.0 Å². The number of aromatic amines is 1. The van der Waals surface area contributed by atoms with Gasteiger partial charge < -0.3 is 15.0 Å². The molecule has 1 aliphatic heterocycles. The van der Waals surface area contributed by atoms with Crippen LogP contribution in [0.1, 0.15) is 23.7 Å². The Balaban J connectivity index is 2.24. The smallest absolute Gasteiger partial charge is 0.248 e. The summed E-state index contributed by atoms with van der Waals surface area (Å²) < 4.78 is 0. The largest absolute Gasteiger partial charge is 0.387 e. The van der Waals surface area contributed by atoms with Crippen molar-refractivity contribution in [1.29, 1.82) is 5.26 Å². The van der Waals surface area contributed by atoms with E-state index in [1.807, 2.05) is 6.92 Å². The Kier molecular flexibility index (Phi) is 3.77. The van der Waals surface area contributed by atoms with Crippen LogP contribution >= 0.6 is 23.2 Å². The first-order valence-electron chi connectivity index (χ1n) is 6.79. The molecule has 114 valence electrons. The number of fused-ring (bicyclic) bond motifs is 3. The summed E-state index contributed by atoms with van der Waals surface area (Å²) in [7, 11) is 0. The van der Waals surface area contributed by atoms with Crippen LogP contribution in [-0.4, -0.2) is 33.5 Å². The molecule has 1 amide bonds. The Morgan fingerprint density at radius 3 is 2.95 bits per heavy atom. The minimum atomic E-state index is -0.528. The molecule has 0 aliphatic carbocycles. The molecule has 1 aromatic carbocycles. The summed E-state index contributed by atoms with van der Waals surface area (Å²) in [4.78, 5) is 16.7. The average molecular weight is 338 g/mol. The first-order valence-corrected chi connectivity index (χ1v) is 7.55. The van der Waals surface area contributed by atoms with Gasteiger partial charge in [0, 0.05) is 35.7 Å². The van der Waals surface area contributed by atoms with Crippen molar-refractivity contribution in [3.63, 3.8) is 0 Å². The van der Waals surface area contributed by atoms with E-state index in [9.17, 15) is 10.1 Å². The van der Waals surface area contributed by atoms with Crippen molar-refractivity contribution in [3.8, 4) is 6.07 Å². The van der Waals surface area contributed by atoms with Crippen molar-refractivity contribution < 1.29 is 9.90 Å². The van der Waals surface area contributed by atoms with Crippen molar-refractivity contribution in [2.75, 3.05) is 6.61 Å². The number of nitriles is 1. The molecule has 1 atom stereocenters. The van der Waals surface area contributed by atoms with E-state index in [0.29, 0.717) is 39.5 Å². The van der Waals surface area contributed by atoms with Crippen molar-refractivity contribution >= 4 is 40.0 Å². The second kappa shape index (κ2) is 5.47. The molecular weight excluding hydrogens is 325 g/mol. The van der Waals surface area contributed by atoms with Gasteiger partial charge in [0.25, 0.3) is 0 Å². The third-order valence-corrected chi connectivity index (χ3v) is 4.89. The van der Waals surface area contributed by atoms with Crippen LogP contribution in [0.4, 0.5) is 0 Å². The quantitative estimate of drug-likeness (QED) is 0.839. The topological polar surface area (TPSA) is 80.1 Å². The molecule has 0 spiro atoms. The third-order valence-electron chi connectivity index (χ3n) is 4.10. The van der Waals surface area contributed by atoms with Crippen molar-refractivity contribution in [2.24, 2.45) is 0 Å². The normalized spacial score (nSPS) is 17.4. The second-order valence-corrected chi connectivity index (χ2v) is 6.18. The molecule has 7 heteroatoms. The average Bonchev–Trinajstić information content (AvgIpc) is 2.87. The second-order valence-electron chi connectivity index (χ2n) is 5.40. The molecule has 0 bridgehead atoms. The fourth-order valence-corrected chi connectivity index (χ4v) is 3.43. The van der Waals surface area contributed by atoms with Gasteiger partial charge in [-0.25, -0.2) is 0 Å². The zero-order valence-corrected chi connectivity index (χ0v) is 13.3. The number of aliphatic hydroxyl groups excluding tert-OH is 1. The van der Waals surface area contributed by atoms with Gasteiger partial charge in [0.15, 0.2) is 0 Å². The third kappa shape index (κ3) is 2.15. The van der Waals surface area contributed by atoms with Crippen molar-refractivity contribution in [3.05, 3.63) is 32.9 Å². The maximum absolute atomic E-state index is 11.9. The number of nitrogens with zero attached hydrogens (tertiary/aromatic N) is 2. The summed E-state index contributed by atoms with van der Waals surface area (Å²) in [5, 5.41) is 19.9. The Bertz CT molecular complexity index is 823. The van der Waals surface area contributed by atoms with E-state index < -0.39 is 6.61 Å². The van der Waals surface area contributed by atoms with E-state index in [0.717, 1.165) is 11.3 Å². The number of aliphatic hydroxyl groups is 1. The Labute approximate surface area is 137 Å². The van der Waals surface area contributed by atoms with Crippen molar-refractivity contribution in [1.82, 2.24) is 9.88 Å². The maximum atomic E-state index is 11.9. The number of aromatic nitrogens is 1. The summed E-state index contributed by atoms with van der Waals surface area (Å²) in [5.41, 5.74) is 2.87. The highest BCUT2D eigenvalue weighted by Gasteiger charge is 2.30. The fraction of sp³-hybridized carbons (Fsp3) is 0.333. The Hall–Kier alpha value is -1.74. The first-order chi connectivity index (χ1) is 10.5. The summed E-state index contributed by atoms with van der Waals surface area (Å²) in [6, 6.07) is 3.62. The molecule has 5 nitrogen and oxygen atoms in total. The van der Waals surface area contributed by atoms with E-state index in [2.05, 4.69) is 11.1 Å². The predicted octanol–water partition coefficient (Wildman–Crippen LogP) is 2.61. The van der Waals surface area contributed by atoms with E-state index >= 15 is 0 Å². The van der Waals surface area contributed by atoms with Gasteiger partial charge in [0.05, 0.1) is 27.2 Å². The van der Waals surface area contributed by atoms with Gasteiger partial charge in [-0.15, -0.1) is 0 Å². The van der Waals surface area contributed by atoms with Gasteiger partial charge in [-0.2, -0.15) is 5.26 Å². The lowest BCUT2D eigenvalue weighted by Crippen LogP contribution is -2.43. The van der Waals surface area contributed by atoms with E-state index in [1.54, 1.807) is 4.90 Å². The number of benzene rings is 1. The fourth-order valence-electron chi connectivity index (χ4n) is 3.03. The predicted molar refractivity (Wildman–Crippen MR) is 83.8 cm³/mol. The number of carbonyl (C=O) groups is 1. The monoisotopic (exact) mass is 337 g/mol. The summed E-state index contributed by atoms with van der Waals surface area (Å²) in [5.74, 6) is -0.328. The number of hydrogen-bond donors (Lipinski definition) is 2. The molecule has 2 heterocycles. The minimum Gasteiger partial charge on any atom is -0.387 e. The van der Waals surface area contributed by atoms with Crippen LogP contribution in [0.15, 0.2) is 6.07 Å². The van der Waals surface area contributed by atoms with Gasteiger partial charge in [0.2, 0.25) is 5.91 Å². The van der Waals surface area contributed by atoms with Gasteiger partial charge in [-0.05, 0) is 13.0 Å². The lowest BCUT2D eigenvalue weighted by atomic mass is 9.97. The van der Waals surface area contributed by atoms with Crippen LogP contribution < -0.4 is 0 Å². The van der Waals surface area contributed by atoms with Gasteiger partial charge in [-0.3, -0.25) is 4.79 Å². The molecule has 2 aromatic rings. The van der Waals surface area contributed by atoms with Crippen LogP contribution in [-0.2, 0) is 17.8 Å². The zero-order chi connectivity index (χ0) is 16.0. The summed E-state index contributed by atoms with van der Waals surface area (Å²) >= 11 is 12.3. The Morgan fingerprint density at radius 1 is 1.59 bits per heavy atom. The minimum absolute atomic E-state index is 0.0417. The highest BCUT2D eigenvalue weighted by Crippen LogP contribution is 2.38. The van der Waals surface area contributed by atoms with Gasteiger partial charge in [0.1, 0.15) is 6.61 Å². The number of nitrogens with one attached hydrogen (secondary N) is 1. The number of hydrogen-bond acceptors (Lipinski definition) is 3. The number of carbonyl (C=O) groups excluding carboxylic acids is 1. The molecule has 1 aromatic heterocycles. The standard InChI is InChI=1S/C15H13Cl2N3O2/c1-7-2-11-9(5-20(7)12(22)6-21)13-8(4-18)3-10(16)14(17)15(13)19-11/h3,7,19,21H,2,5-6H2,1H3/t7-/m1/s1. The first kappa shape index (κ1) is 15.2. The number of H-pyrrole nitrogens is 1. The van der Waals surface area contributed by atoms with Crippen LogP contribution in [0.25, 0.3) is 10.9 Å². The molecule has 0 radical (unpaired) electrons. The van der Waals surface area contributed by atoms with Crippen LogP contribution in [0.3, 0.4) is 0 Å². The van der Waals surface area contributed by atoms with Crippen LogP contribution in [0.5, 0.6) is 0 Å². The maximum Gasteiger partial charge on any atom is 0.248 e. The number of halogens is 2. The molecule has 2 N–H and O–H groups in total. The molecule has 3 rings (SSSR count). The number of amides is 1. The highest BCUT2D eigenvalue weighted by atomic mass is 35.5. The molecule has 0 fully saturated rings. The molecule has 0 unspecified atom stereocenters. The van der Waals surface area contributed by atoms with Gasteiger partial charge in [-0.1, -0.05) is 23.2 Å². The SMILES string of the molecule is C[C@@H]1Cc2[nH]c3c(Cl)c(Cl)cc(C#N)c3c2CN1C(=O)CO. The molecule has 1 aliphatic rings. The molecule has 0 saturated heterocycles. The van der Waals surface area contributed by atoms with E-state index in [4.69, 9.17) is 28.3 Å². The number of rotatable bonds is 1. The molecule has 22 heavy (non-hydrogen) atoms. The summed E-state index contributed by atoms with van der Waals surface area (Å²) in [6.07, 6.45) is 0.606. The molecular formula is C15H13Cl2N3O2. The Morgan fingerprint density at radius 2 is 2.32 bits per heavy atom. The lowest BCUT2D eigenvalue weighted by Gasteiger charge is -2.33. The molecule has 0 saturated carbocycles. The lowest BCUT2D eigenvalue weighted by molar-refractivity contribution is -0.137. The van der Waals surface area contributed by atoms with Crippen LogP contribution in [0, 0.1) is 11.3 Å². The van der Waals surface area contributed by atoms with E-state index in [-0.39, 0.29) is 11.9 Å². The van der Waals surface area contributed by atoms with Gasteiger partial charge >= 0.3 is 0 Å².